The van der Waals surface area contributed by atoms with E-state index in [0.29, 0.717) is 6.54 Å². The molecule has 2 N–H and O–H groups in total. The molecule has 1 amide bonds. The zero-order chi connectivity index (χ0) is 11.3. The van der Waals surface area contributed by atoms with Crippen molar-refractivity contribution < 1.29 is 14.6 Å². The van der Waals surface area contributed by atoms with Gasteiger partial charge in [-0.25, -0.2) is 4.79 Å². The van der Waals surface area contributed by atoms with Gasteiger partial charge in [-0.05, 0) is 25.0 Å². The number of ether oxygens (including phenoxy) is 1. The van der Waals surface area contributed by atoms with Gasteiger partial charge in [0.05, 0.1) is 0 Å². The number of aliphatic hydroxyl groups excluding tert-OH is 1. The van der Waals surface area contributed by atoms with Crippen molar-refractivity contribution in [1.82, 2.24) is 5.32 Å². The molecule has 0 aliphatic heterocycles. The molecule has 1 aromatic carbocycles. The maximum absolute atomic E-state index is 11.0. The number of hydrogen-bond acceptors (Lipinski definition) is 3. The fourth-order valence-corrected chi connectivity index (χ4v) is 1.17. The van der Waals surface area contributed by atoms with Crippen LogP contribution in [0.1, 0.15) is 18.1 Å². The van der Waals surface area contributed by atoms with E-state index < -0.39 is 12.4 Å². The van der Waals surface area contributed by atoms with Crippen molar-refractivity contribution in [3.05, 3.63) is 35.4 Å². The van der Waals surface area contributed by atoms with Gasteiger partial charge in [0.2, 0.25) is 0 Å². The molecule has 0 aromatic heterocycles. The van der Waals surface area contributed by atoms with Crippen LogP contribution >= 0.6 is 0 Å². The molecule has 0 fully saturated rings. The Morgan fingerprint density at radius 2 is 2.20 bits per heavy atom. The van der Waals surface area contributed by atoms with Gasteiger partial charge in [0.15, 0.2) is 6.29 Å². The Kier molecular flexibility index (Phi) is 4.12. The predicted octanol–water partition coefficient (Wildman–Crippen LogP) is 1.56. The first-order valence-corrected chi connectivity index (χ1v) is 4.76. The summed E-state index contributed by atoms with van der Waals surface area (Å²) in [7, 11) is 0. The first kappa shape index (κ1) is 11.5. The minimum absolute atomic E-state index is 0.401. The third-order valence-corrected chi connectivity index (χ3v) is 1.96. The standard InChI is InChI=1S/C11H15NO3/c1-8-5-3-4-6-10(8)7-12-11(14)15-9(2)13/h3-6,9,13H,7H2,1-2H3,(H,12,14). The van der Waals surface area contributed by atoms with Gasteiger partial charge < -0.3 is 15.2 Å². The smallest absolute Gasteiger partial charge is 0.409 e. The van der Waals surface area contributed by atoms with Crippen LogP contribution in [0.2, 0.25) is 0 Å². The lowest BCUT2D eigenvalue weighted by Crippen LogP contribution is -2.27. The summed E-state index contributed by atoms with van der Waals surface area (Å²) in [5.41, 5.74) is 2.13. The van der Waals surface area contributed by atoms with E-state index >= 15 is 0 Å². The number of amides is 1. The third-order valence-electron chi connectivity index (χ3n) is 1.96. The largest absolute Gasteiger partial charge is 0.420 e. The summed E-state index contributed by atoms with van der Waals surface area (Å²) in [5.74, 6) is 0. The molecular weight excluding hydrogens is 194 g/mol. The fourth-order valence-electron chi connectivity index (χ4n) is 1.17. The van der Waals surface area contributed by atoms with Crippen molar-refractivity contribution >= 4 is 6.09 Å². The van der Waals surface area contributed by atoms with Crippen LogP contribution in [0.5, 0.6) is 0 Å². The van der Waals surface area contributed by atoms with Crippen LogP contribution in [0, 0.1) is 6.92 Å². The maximum Gasteiger partial charge on any atom is 0.409 e. The lowest BCUT2D eigenvalue weighted by Gasteiger charge is -2.09. The molecule has 82 valence electrons. The summed E-state index contributed by atoms with van der Waals surface area (Å²) in [4.78, 5) is 11.0. The van der Waals surface area contributed by atoms with Crippen LogP contribution in [0.4, 0.5) is 4.79 Å². The van der Waals surface area contributed by atoms with Gasteiger partial charge in [-0.1, -0.05) is 24.3 Å². The minimum Gasteiger partial charge on any atom is -0.420 e. The first-order valence-electron chi connectivity index (χ1n) is 4.76. The molecule has 1 atom stereocenters. The maximum atomic E-state index is 11.0. The highest BCUT2D eigenvalue weighted by Crippen LogP contribution is 2.06. The average molecular weight is 209 g/mol. The van der Waals surface area contributed by atoms with Crippen LogP contribution in [0.15, 0.2) is 24.3 Å². The van der Waals surface area contributed by atoms with E-state index in [9.17, 15) is 4.79 Å². The molecule has 4 heteroatoms. The van der Waals surface area contributed by atoms with E-state index in [0.717, 1.165) is 11.1 Å². The summed E-state index contributed by atoms with van der Waals surface area (Å²) in [6.07, 6.45) is -1.70. The van der Waals surface area contributed by atoms with Gasteiger partial charge in [-0.3, -0.25) is 0 Å². The molecule has 0 aliphatic carbocycles. The molecule has 0 heterocycles. The molecule has 0 bridgehead atoms. The van der Waals surface area contributed by atoms with Gasteiger partial charge in [-0.2, -0.15) is 0 Å². The first-order chi connectivity index (χ1) is 7.09. The molecule has 1 rings (SSSR count). The average Bonchev–Trinajstić information content (AvgIpc) is 2.15. The molecule has 0 radical (unpaired) electrons. The van der Waals surface area contributed by atoms with Gasteiger partial charge in [-0.15, -0.1) is 0 Å². The van der Waals surface area contributed by atoms with E-state index in [2.05, 4.69) is 10.1 Å². The number of benzene rings is 1. The van der Waals surface area contributed by atoms with Crippen molar-refractivity contribution in [2.24, 2.45) is 0 Å². The van der Waals surface area contributed by atoms with Crippen molar-refractivity contribution in [2.45, 2.75) is 26.7 Å². The number of nitrogens with one attached hydrogen (secondary N) is 1. The molecule has 0 spiro atoms. The summed E-state index contributed by atoms with van der Waals surface area (Å²) in [6.45, 7) is 3.75. The van der Waals surface area contributed by atoms with Crippen LogP contribution in [0.3, 0.4) is 0 Å². The number of alkyl carbamates (subject to hydrolysis) is 1. The fraction of sp³-hybridized carbons (Fsp3) is 0.364. The predicted molar refractivity (Wildman–Crippen MR) is 56.2 cm³/mol. The summed E-state index contributed by atoms with van der Waals surface area (Å²) < 4.78 is 4.52. The lowest BCUT2D eigenvalue weighted by molar-refractivity contribution is -0.0373. The molecule has 15 heavy (non-hydrogen) atoms. The van der Waals surface area contributed by atoms with Crippen LogP contribution < -0.4 is 5.32 Å². The Morgan fingerprint density at radius 3 is 2.80 bits per heavy atom. The second-order valence-corrected chi connectivity index (χ2v) is 3.28. The van der Waals surface area contributed by atoms with Crippen molar-refractivity contribution in [2.75, 3.05) is 0 Å². The molecule has 4 nitrogen and oxygen atoms in total. The Bertz CT molecular complexity index is 336. The number of rotatable bonds is 3. The molecular formula is C11H15NO3. The Hall–Kier alpha value is -1.55. The highest BCUT2D eigenvalue weighted by atomic mass is 16.6. The van der Waals surface area contributed by atoms with Crippen LogP contribution in [-0.2, 0) is 11.3 Å². The third kappa shape index (κ3) is 3.99. The second-order valence-electron chi connectivity index (χ2n) is 3.28. The number of aliphatic hydroxyl groups is 1. The van der Waals surface area contributed by atoms with Crippen LogP contribution in [0.25, 0.3) is 0 Å². The van der Waals surface area contributed by atoms with Gasteiger partial charge >= 0.3 is 6.09 Å². The topological polar surface area (TPSA) is 58.6 Å². The molecule has 0 aliphatic rings. The number of carbonyl (C=O) groups is 1. The van der Waals surface area contributed by atoms with E-state index in [1.54, 1.807) is 0 Å². The normalized spacial score (nSPS) is 11.9. The van der Waals surface area contributed by atoms with Gasteiger partial charge in [0.1, 0.15) is 0 Å². The second kappa shape index (κ2) is 5.36. The molecule has 1 unspecified atom stereocenters. The van der Waals surface area contributed by atoms with E-state index in [1.165, 1.54) is 6.92 Å². The van der Waals surface area contributed by atoms with Gasteiger partial charge in [0, 0.05) is 6.54 Å². The monoisotopic (exact) mass is 209 g/mol. The quantitative estimate of drug-likeness (QED) is 0.743. The highest BCUT2D eigenvalue weighted by molar-refractivity contribution is 5.67. The minimum atomic E-state index is -1.08. The van der Waals surface area contributed by atoms with E-state index in [1.807, 2.05) is 31.2 Å². The summed E-state index contributed by atoms with van der Waals surface area (Å²) in [5, 5.41) is 11.3. The Labute approximate surface area is 88.9 Å². The van der Waals surface area contributed by atoms with Crippen molar-refractivity contribution in [3.63, 3.8) is 0 Å². The number of aryl methyl sites for hydroxylation is 1. The molecule has 1 aromatic rings. The van der Waals surface area contributed by atoms with E-state index in [4.69, 9.17) is 5.11 Å². The Morgan fingerprint density at radius 1 is 1.53 bits per heavy atom. The highest BCUT2D eigenvalue weighted by Gasteiger charge is 2.05. The van der Waals surface area contributed by atoms with Crippen LogP contribution in [-0.4, -0.2) is 17.5 Å². The SMILES string of the molecule is Cc1ccccc1CNC(=O)OC(C)O. The summed E-state index contributed by atoms with van der Waals surface area (Å²) in [6, 6.07) is 7.74. The molecule has 0 saturated carbocycles. The lowest BCUT2D eigenvalue weighted by atomic mass is 10.1. The zero-order valence-corrected chi connectivity index (χ0v) is 8.86. The van der Waals surface area contributed by atoms with Crippen molar-refractivity contribution in [1.29, 1.82) is 0 Å². The summed E-state index contributed by atoms with van der Waals surface area (Å²) >= 11 is 0. The van der Waals surface area contributed by atoms with Gasteiger partial charge in [0.25, 0.3) is 0 Å². The van der Waals surface area contributed by atoms with E-state index in [-0.39, 0.29) is 0 Å². The zero-order valence-electron chi connectivity index (χ0n) is 8.86. The number of hydrogen-bond donors (Lipinski definition) is 2. The number of carbonyl (C=O) groups excluding carboxylic acids is 1. The molecule has 0 saturated heterocycles. The Balaban J connectivity index is 2.44. The van der Waals surface area contributed by atoms with Crippen molar-refractivity contribution in [3.8, 4) is 0 Å².